The van der Waals surface area contributed by atoms with Crippen LogP contribution in [0.4, 0.5) is 10.2 Å². The molecule has 1 N–H and O–H groups in total. The molecule has 0 radical (unpaired) electrons. The third kappa shape index (κ3) is 2.07. The predicted octanol–water partition coefficient (Wildman–Crippen LogP) is 3.45. The molecule has 1 aliphatic carbocycles. The van der Waals surface area contributed by atoms with Crippen molar-refractivity contribution in [2.24, 2.45) is 0 Å². The van der Waals surface area contributed by atoms with Gasteiger partial charge < -0.3 is 5.32 Å². The molecule has 19 heavy (non-hydrogen) atoms. The lowest BCUT2D eigenvalue weighted by Gasteiger charge is -2.19. The molecule has 98 valence electrons. The number of rotatable bonds is 2. The highest BCUT2D eigenvalue weighted by Gasteiger charge is 2.36. The molecule has 0 saturated carbocycles. The Bertz CT molecular complexity index is 610. The number of hydrogen-bond donors (Lipinski definition) is 1. The second-order valence-electron chi connectivity index (χ2n) is 5.59. The van der Waals surface area contributed by atoms with Gasteiger partial charge in [-0.1, -0.05) is 38.1 Å². The van der Waals surface area contributed by atoms with Crippen LogP contribution in [0.15, 0.2) is 36.8 Å². The standard InChI is InChI=1S/C15H16FN3/c1-15(2)7-13(10-5-3-4-6-11(10)15)19-14-12(16)8-17-9-18-14/h3-6,8-9,13H,7H2,1-2H3,(H,17,18,19)/t13-/m0/s1. The van der Waals surface area contributed by atoms with E-state index in [0.29, 0.717) is 0 Å². The van der Waals surface area contributed by atoms with Crippen molar-refractivity contribution in [3.63, 3.8) is 0 Å². The lowest BCUT2D eigenvalue weighted by Crippen LogP contribution is -2.15. The minimum absolute atomic E-state index is 0.0931. The first-order chi connectivity index (χ1) is 9.08. The Balaban J connectivity index is 1.94. The highest BCUT2D eigenvalue weighted by Crippen LogP contribution is 2.45. The number of nitrogens with one attached hydrogen (secondary N) is 1. The van der Waals surface area contributed by atoms with Crippen molar-refractivity contribution in [3.8, 4) is 0 Å². The van der Waals surface area contributed by atoms with Gasteiger partial charge in [0.25, 0.3) is 0 Å². The van der Waals surface area contributed by atoms with E-state index in [-0.39, 0.29) is 17.3 Å². The summed E-state index contributed by atoms with van der Waals surface area (Å²) >= 11 is 0. The molecular formula is C15H16FN3. The topological polar surface area (TPSA) is 37.8 Å². The molecule has 0 aliphatic heterocycles. The molecule has 0 fully saturated rings. The Morgan fingerprint density at radius 2 is 2.11 bits per heavy atom. The van der Waals surface area contributed by atoms with Crippen LogP contribution < -0.4 is 5.32 Å². The minimum atomic E-state index is -0.412. The molecule has 1 heterocycles. The summed E-state index contributed by atoms with van der Waals surface area (Å²) in [6.07, 6.45) is 3.47. The van der Waals surface area contributed by atoms with Crippen molar-refractivity contribution in [3.05, 3.63) is 53.7 Å². The second kappa shape index (κ2) is 4.30. The summed E-state index contributed by atoms with van der Waals surface area (Å²) in [4.78, 5) is 7.63. The molecule has 0 saturated heterocycles. The molecule has 2 aromatic rings. The average Bonchev–Trinajstić information content (AvgIpc) is 2.65. The predicted molar refractivity (Wildman–Crippen MR) is 72.4 cm³/mol. The fraction of sp³-hybridized carbons (Fsp3) is 0.333. The van der Waals surface area contributed by atoms with Gasteiger partial charge in [-0.3, -0.25) is 0 Å². The SMILES string of the molecule is CC1(C)C[C@H](Nc2ncncc2F)c2ccccc21. The van der Waals surface area contributed by atoms with Gasteiger partial charge in [-0.05, 0) is 23.0 Å². The van der Waals surface area contributed by atoms with Crippen molar-refractivity contribution in [1.29, 1.82) is 0 Å². The van der Waals surface area contributed by atoms with Gasteiger partial charge in [0.15, 0.2) is 11.6 Å². The van der Waals surface area contributed by atoms with E-state index < -0.39 is 5.82 Å². The van der Waals surface area contributed by atoms with Gasteiger partial charge in [0.05, 0.1) is 12.2 Å². The zero-order valence-electron chi connectivity index (χ0n) is 11.0. The number of fused-ring (bicyclic) bond motifs is 1. The molecule has 1 aliphatic rings. The van der Waals surface area contributed by atoms with Gasteiger partial charge >= 0.3 is 0 Å². The van der Waals surface area contributed by atoms with Crippen LogP contribution in [-0.4, -0.2) is 9.97 Å². The third-order valence-electron chi connectivity index (χ3n) is 3.76. The highest BCUT2D eigenvalue weighted by atomic mass is 19.1. The van der Waals surface area contributed by atoms with Gasteiger partial charge in [0.1, 0.15) is 6.33 Å². The van der Waals surface area contributed by atoms with Crippen molar-refractivity contribution >= 4 is 5.82 Å². The van der Waals surface area contributed by atoms with E-state index in [1.165, 1.54) is 23.7 Å². The van der Waals surface area contributed by atoms with Crippen molar-refractivity contribution in [2.45, 2.75) is 31.7 Å². The summed E-state index contributed by atoms with van der Waals surface area (Å²) < 4.78 is 13.6. The molecule has 1 atom stereocenters. The second-order valence-corrected chi connectivity index (χ2v) is 5.59. The Labute approximate surface area is 111 Å². The number of hydrogen-bond acceptors (Lipinski definition) is 3. The first kappa shape index (κ1) is 12.1. The van der Waals surface area contributed by atoms with Gasteiger partial charge in [-0.2, -0.15) is 0 Å². The number of anilines is 1. The van der Waals surface area contributed by atoms with Crippen LogP contribution >= 0.6 is 0 Å². The Morgan fingerprint density at radius 1 is 1.32 bits per heavy atom. The van der Waals surface area contributed by atoms with E-state index in [0.717, 1.165) is 6.42 Å². The van der Waals surface area contributed by atoms with Crippen molar-refractivity contribution in [2.75, 3.05) is 5.32 Å². The Hall–Kier alpha value is -1.97. The average molecular weight is 257 g/mol. The number of benzene rings is 1. The molecule has 0 bridgehead atoms. The smallest absolute Gasteiger partial charge is 0.183 e. The first-order valence-corrected chi connectivity index (χ1v) is 6.39. The van der Waals surface area contributed by atoms with Crippen LogP contribution in [0.1, 0.15) is 37.4 Å². The maximum absolute atomic E-state index is 13.6. The summed E-state index contributed by atoms with van der Waals surface area (Å²) in [7, 11) is 0. The van der Waals surface area contributed by atoms with Crippen LogP contribution in [0.3, 0.4) is 0 Å². The number of nitrogens with zero attached hydrogens (tertiary/aromatic N) is 2. The van der Waals surface area contributed by atoms with Gasteiger partial charge in [-0.25, -0.2) is 14.4 Å². The minimum Gasteiger partial charge on any atom is -0.361 e. The van der Waals surface area contributed by atoms with Gasteiger partial charge in [-0.15, -0.1) is 0 Å². The number of halogens is 1. The quantitative estimate of drug-likeness (QED) is 0.895. The van der Waals surface area contributed by atoms with E-state index in [2.05, 4.69) is 41.3 Å². The molecule has 0 amide bonds. The lowest BCUT2D eigenvalue weighted by atomic mass is 9.86. The van der Waals surface area contributed by atoms with Gasteiger partial charge in [0.2, 0.25) is 0 Å². The molecule has 4 heteroatoms. The molecular weight excluding hydrogens is 241 g/mol. The summed E-state index contributed by atoms with van der Waals surface area (Å²) in [5.74, 6) is -0.141. The van der Waals surface area contributed by atoms with E-state index in [4.69, 9.17) is 0 Å². The van der Waals surface area contributed by atoms with Crippen LogP contribution in [-0.2, 0) is 5.41 Å². The Morgan fingerprint density at radius 3 is 2.89 bits per heavy atom. The summed E-state index contributed by atoms with van der Waals surface area (Å²) in [6.45, 7) is 4.42. The highest BCUT2D eigenvalue weighted by molar-refractivity contribution is 5.47. The zero-order valence-corrected chi connectivity index (χ0v) is 11.0. The largest absolute Gasteiger partial charge is 0.361 e. The molecule has 1 aromatic carbocycles. The van der Waals surface area contributed by atoms with E-state index in [1.54, 1.807) is 0 Å². The van der Waals surface area contributed by atoms with Crippen molar-refractivity contribution < 1.29 is 4.39 Å². The summed E-state index contributed by atoms with van der Waals surface area (Å²) in [5.41, 5.74) is 2.64. The maximum Gasteiger partial charge on any atom is 0.183 e. The van der Waals surface area contributed by atoms with Crippen LogP contribution in [0.25, 0.3) is 0 Å². The molecule has 3 nitrogen and oxygen atoms in total. The van der Waals surface area contributed by atoms with Crippen LogP contribution in [0.5, 0.6) is 0 Å². The maximum atomic E-state index is 13.6. The first-order valence-electron chi connectivity index (χ1n) is 6.39. The van der Waals surface area contributed by atoms with Gasteiger partial charge in [0, 0.05) is 0 Å². The normalized spacial score (nSPS) is 20.1. The zero-order chi connectivity index (χ0) is 13.5. The van der Waals surface area contributed by atoms with Crippen LogP contribution in [0.2, 0.25) is 0 Å². The van der Waals surface area contributed by atoms with E-state index in [1.807, 2.05) is 12.1 Å². The molecule has 0 spiro atoms. The van der Waals surface area contributed by atoms with Crippen LogP contribution in [0, 0.1) is 5.82 Å². The van der Waals surface area contributed by atoms with E-state index in [9.17, 15) is 4.39 Å². The molecule has 3 rings (SSSR count). The summed E-state index contributed by atoms with van der Waals surface area (Å²) in [6, 6.07) is 8.41. The number of aromatic nitrogens is 2. The molecule has 0 unspecified atom stereocenters. The van der Waals surface area contributed by atoms with E-state index >= 15 is 0 Å². The Kier molecular flexibility index (Phi) is 2.73. The fourth-order valence-electron chi connectivity index (χ4n) is 2.86. The monoisotopic (exact) mass is 257 g/mol. The molecule has 1 aromatic heterocycles. The van der Waals surface area contributed by atoms with Crippen molar-refractivity contribution in [1.82, 2.24) is 9.97 Å². The summed E-state index contributed by atoms with van der Waals surface area (Å²) in [5, 5.41) is 3.19. The lowest BCUT2D eigenvalue weighted by molar-refractivity contribution is 0.491. The fourth-order valence-corrected chi connectivity index (χ4v) is 2.86. The third-order valence-corrected chi connectivity index (χ3v) is 3.76.